The minimum atomic E-state index is -0.301. The van der Waals surface area contributed by atoms with Crippen molar-refractivity contribution < 1.29 is 9.18 Å². The molecule has 0 spiro atoms. The third kappa shape index (κ3) is 2.49. The van der Waals surface area contributed by atoms with Crippen LogP contribution in [-0.2, 0) is 0 Å². The van der Waals surface area contributed by atoms with Gasteiger partial charge in [0.2, 0.25) is 0 Å². The van der Waals surface area contributed by atoms with Gasteiger partial charge in [0.15, 0.2) is 5.78 Å². The maximum absolute atomic E-state index is 12.7. The van der Waals surface area contributed by atoms with E-state index in [1.54, 1.807) is 6.07 Å². The van der Waals surface area contributed by atoms with E-state index in [0.29, 0.717) is 9.13 Å². The van der Waals surface area contributed by atoms with E-state index in [2.05, 4.69) is 0 Å². The Labute approximate surface area is 90.5 Å². The van der Waals surface area contributed by atoms with Crippen molar-refractivity contribution in [2.24, 2.45) is 5.92 Å². The number of hydrogen-bond donors (Lipinski definition) is 0. The summed E-state index contributed by atoms with van der Waals surface area (Å²) in [6, 6.07) is 4.23. The van der Waals surface area contributed by atoms with Crippen LogP contribution in [0.25, 0.3) is 0 Å². The predicted octanol–water partition coefficient (Wildman–Crippen LogP) is 3.27. The van der Waals surface area contributed by atoms with Gasteiger partial charge in [0.05, 0.1) is 0 Å². The Kier molecular flexibility index (Phi) is 3.41. The van der Waals surface area contributed by atoms with E-state index < -0.39 is 0 Å². The quantitative estimate of drug-likeness (QED) is 0.604. The Morgan fingerprint density at radius 2 is 2.08 bits per heavy atom. The molecule has 3 heteroatoms. The highest BCUT2D eigenvalue weighted by Gasteiger charge is 2.13. The minimum absolute atomic E-state index is 0.0426. The monoisotopic (exact) mass is 292 g/mol. The van der Waals surface area contributed by atoms with E-state index in [1.165, 1.54) is 12.1 Å². The number of hydrogen-bond acceptors (Lipinski definition) is 1. The highest BCUT2D eigenvalue weighted by atomic mass is 127. The lowest BCUT2D eigenvalue weighted by atomic mass is 10.0. The molecule has 0 aliphatic carbocycles. The molecular weight excluding hydrogens is 282 g/mol. The number of carbonyl (C=O) groups excluding carboxylic acids is 1. The Hall–Kier alpha value is -0.450. The molecule has 1 rings (SSSR count). The van der Waals surface area contributed by atoms with E-state index in [4.69, 9.17) is 0 Å². The van der Waals surface area contributed by atoms with Crippen LogP contribution in [0.2, 0.25) is 0 Å². The van der Waals surface area contributed by atoms with Gasteiger partial charge in [-0.05, 0) is 40.8 Å². The number of ketones is 1. The van der Waals surface area contributed by atoms with Crippen molar-refractivity contribution in [3.8, 4) is 0 Å². The third-order valence-corrected chi connectivity index (χ3v) is 2.61. The number of benzene rings is 1. The van der Waals surface area contributed by atoms with Gasteiger partial charge in [-0.2, -0.15) is 0 Å². The maximum atomic E-state index is 12.7. The summed E-state index contributed by atoms with van der Waals surface area (Å²) in [7, 11) is 0. The maximum Gasteiger partial charge on any atom is 0.166 e. The van der Waals surface area contributed by atoms with Crippen LogP contribution < -0.4 is 0 Å². The summed E-state index contributed by atoms with van der Waals surface area (Å²) in [6.07, 6.45) is 0. The van der Waals surface area contributed by atoms with Crippen LogP contribution in [0.1, 0.15) is 24.2 Å². The van der Waals surface area contributed by atoms with E-state index in [0.717, 1.165) is 0 Å². The molecule has 1 nitrogen and oxygen atoms in total. The first-order chi connectivity index (χ1) is 6.02. The lowest BCUT2D eigenvalue weighted by Crippen LogP contribution is -2.09. The van der Waals surface area contributed by atoms with Crippen molar-refractivity contribution >= 4 is 28.4 Å². The van der Waals surface area contributed by atoms with E-state index in [9.17, 15) is 9.18 Å². The summed E-state index contributed by atoms with van der Waals surface area (Å²) in [5.74, 6) is -0.284. The summed E-state index contributed by atoms with van der Waals surface area (Å²) in [5.41, 5.74) is 0.608. The van der Waals surface area contributed by atoms with Crippen LogP contribution in [0.15, 0.2) is 18.2 Å². The second-order valence-electron chi connectivity index (χ2n) is 3.14. The minimum Gasteiger partial charge on any atom is -0.294 e. The molecule has 0 atom stereocenters. The standard InChI is InChI=1S/C10H10FIO/c1-6(2)10(13)8-4-3-7(11)5-9(8)12/h3-6H,1-2H3. The average molecular weight is 292 g/mol. The molecule has 0 saturated carbocycles. The van der Waals surface area contributed by atoms with Crippen molar-refractivity contribution in [1.29, 1.82) is 0 Å². The number of Topliss-reactive ketones (excluding diaryl/α,β-unsaturated/α-hetero) is 1. The first kappa shape index (κ1) is 10.6. The molecule has 70 valence electrons. The summed E-state index contributed by atoms with van der Waals surface area (Å²) in [5, 5.41) is 0. The van der Waals surface area contributed by atoms with Gasteiger partial charge in [-0.15, -0.1) is 0 Å². The van der Waals surface area contributed by atoms with Gasteiger partial charge in [-0.1, -0.05) is 13.8 Å². The van der Waals surface area contributed by atoms with E-state index in [1.807, 2.05) is 36.4 Å². The molecule has 0 aliphatic rings. The van der Waals surface area contributed by atoms with Crippen LogP contribution in [0.3, 0.4) is 0 Å². The van der Waals surface area contributed by atoms with Gasteiger partial charge in [-0.3, -0.25) is 4.79 Å². The molecule has 0 heterocycles. The zero-order chi connectivity index (χ0) is 10.0. The molecular formula is C10H10FIO. The average Bonchev–Trinajstić information content (AvgIpc) is 2.03. The molecule has 1 aromatic carbocycles. The van der Waals surface area contributed by atoms with E-state index in [-0.39, 0.29) is 17.5 Å². The van der Waals surface area contributed by atoms with Crippen molar-refractivity contribution in [2.75, 3.05) is 0 Å². The van der Waals surface area contributed by atoms with Crippen molar-refractivity contribution in [2.45, 2.75) is 13.8 Å². The van der Waals surface area contributed by atoms with Gasteiger partial charge in [-0.25, -0.2) is 4.39 Å². The van der Waals surface area contributed by atoms with Crippen LogP contribution in [0.5, 0.6) is 0 Å². The van der Waals surface area contributed by atoms with Gasteiger partial charge in [0.25, 0.3) is 0 Å². The lowest BCUT2D eigenvalue weighted by molar-refractivity contribution is 0.0938. The van der Waals surface area contributed by atoms with Crippen LogP contribution >= 0.6 is 22.6 Å². The normalized spacial score (nSPS) is 10.5. The lowest BCUT2D eigenvalue weighted by Gasteiger charge is -2.05. The Bertz CT molecular complexity index is 334. The Morgan fingerprint density at radius 3 is 2.54 bits per heavy atom. The zero-order valence-corrected chi connectivity index (χ0v) is 9.63. The van der Waals surface area contributed by atoms with Gasteiger partial charge in [0.1, 0.15) is 5.82 Å². The van der Waals surface area contributed by atoms with Crippen molar-refractivity contribution in [1.82, 2.24) is 0 Å². The third-order valence-electron chi connectivity index (χ3n) is 1.72. The Morgan fingerprint density at radius 1 is 1.46 bits per heavy atom. The summed E-state index contributed by atoms with van der Waals surface area (Å²) in [4.78, 5) is 11.5. The molecule has 0 fully saturated rings. The summed E-state index contributed by atoms with van der Waals surface area (Å²) >= 11 is 1.97. The second kappa shape index (κ2) is 4.17. The van der Waals surface area contributed by atoms with Crippen LogP contribution in [0.4, 0.5) is 4.39 Å². The molecule has 13 heavy (non-hydrogen) atoms. The highest BCUT2D eigenvalue weighted by Crippen LogP contribution is 2.17. The molecule has 0 saturated heterocycles. The summed E-state index contributed by atoms with van der Waals surface area (Å²) < 4.78 is 13.4. The number of halogens is 2. The van der Waals surface area contributed by atoms with Crippen molar-refractivity contribution in [3.05, 3.63) is 33.1 Å². The van der Waals surface area contributed by atoms with Crippen LogP contribution in [0, 0.1) is 15.3 Å². The van der Waals surface area contributed by atoms with Crippen LogP contribution in [-0.4, -0.2) is 5.78 Å². The number of carbonyl (C=O) groups is 1. The first-order valence-electron chi connectivity index (χ1n) is 4.01. The SMILES string of the molecule is CC(C)C(=O)c1ccc(F)cc1I. The molecule has 0 aromatic heterocycles. The topological polar surface area (TPSA) is 17.1 Å². The van der Waals surface area contributed by atoms with E-state index >= 15 is 0 Å². The summed E-state index contributed by atoms with van der Waals surface area (Å²) in [6.45, 7) is 3.67. The Balaban J connectivity index is 3.09. The molecule has 0 N–H and O–H groups in total. The fraction of sp³-hybridized carbons (Fsp3) is 0.300. The highest BCUT2D eigenvalue weighted by molar-refractivity contribution is 14.1. The molecule has 0 aliphatic heterocycles. The smallest absolute Gasteiger partial charge is 0.166 e. The fourth-order valence-corrected chi connectivity index (χ4v) is 1.74. The second-order valence-corrected chi connectivity index (χ2v) is 4.31. The van der Waals surface area contributed by atoms with Gasteiger partial charge in [0, 0.05) is 15.1 Å². The molecule has 0 radical (unpaired) electrons. The molecule has 0 bridgehead atoms. The zero-order valence-electron chi connectivity index (χ0n) is 7.47. The fourth-order valence-electron chi connectivity index (χ4n) is 1.00. The number of rotatable bonds is 2. The van der Waals surface area contributed by atoms with Gasteiger partial charge >= 0.3 is 0 Å². The molecule has 0 unspecified atom stereocenters. The molecule has 1 aromatic rings. The molecule has 0 amide bonds. The van der Waals surface area contributed by atoms with Gasteiger partial charge < -0.3 is 0 Å². The van der Waals surface area contributed by atoms with Crippen molar-refractivity contribution in [3.63, 3.8) is 0 Å². The first-order valence-corrected chi connectivity index (χ1v) is 5.09. The predicted molar refractivity (Wildman–Crippen MR) is 58.3 cm³/mol. The largest absolute Gasteiger partial charge is 0.294 e.